The average molecular weight is 481 g/mol. The summed E-state index contributed by atoms with van der Waals surface area (Å²) in [5.74, 6) is -1.08. The highest BCUT2D eigenvalue weighted by molar-refractivity contribution is 7.12. The Labute approximate surface area is 200 Å². The summed E-state index contributed by atoms with van der Waals surface area (Å²) in [6.45, 7) is 9.47. The van der Waals surface area contributed by atoms with E-state index in [-0.39, 0.29) is 18.3 Å². The van der Waals surface area contributed by atoms with Gasteiger partial charge in [0, 0.05) is 13.0 Å². The highest BCUT2D eigenvalue weighted by atomic mass is 32.1. The molecule has 1 saturated heterocycles. The van der Waals surface area contributed by atoms with Crippen molar-refractivity contribution < 1.29 is 28.7 Å². The minimum atomic E-state index is -0.720. The van der Waals surface area contributed by atoms with Gasteiger partial charge < -0.3 is 14.4 Å². The number of amides is 1. The van der Waals surface area contributed by atoms with Crippen LogP contribution in [0, 0.1) is 0 Å². The molecule has 0 saturated carbocycles. The molecule has 0 aromatic carbocycles. The molecule has 33 heavy (non-hydrogen) atoms. The van der Waals surface area contributed by atoms with Gasteiger partial charge in [0.2, 0.25) is 5.91 Å². The summed E-state index contributed by atoms with van der Waals surface area (Å²) >= 11 is 1.39. The molecule has 8 nitrogen and oxygen atoms in total. The van der Waals surface area contributed by atoms with Gasteiger partial charge >= 0.3 is 11.9 Å². The third kappa shape index (κ3) is 8.23. The molecule has 0 aliphatic carbocycles. The Bertz CT molecular complexity index is 817. The molecule has 2 rings (SSSR count). The summed E-state index contributed by atoms with van der Waals surface area (Å²) in [7, 11) is 0. The van der Waals surface area contributed by atoms with Crippen molar-refractivity contribution in [1.29, 1.82) is 0 Å². The molecule has 0 bridgehead atoms. The van der Waals surface area contributed by atoms with Crippen LogP contribution in [-0.4, -0.2) is 65.4 Å². The number of carbonyl (C=O) groups is 4. The van der Waals surface area contributed by atoms with Crippen LogP contribution < -0.4 is 5.32 Å². The fraction of sp³-hybridized carbons (Fsp3) is 0.667. The molecular weight excluding hydrogens is 444 g/mol. The number of likely N-dealkylation sites (tertiary alicyclic amines) is 1. The van der Waals surface area contributed by atoms with Gasteiger partial charge in [0.1, 0.15) is 17.7 Å². The topological polar surface area (TPSA) is 102 Å². The Kier molecular flexibility index (Phi) is 10.0. The van der Waals surface area contributed by atoms with Crippen LogP contribution in [0.3, 0.4) is 0 Å². The van der Waals surface area contributed by atoms with E-state index in [1.165, 1.54) is 16.2 Å². The molecule has 0 spiro atoms. The second-order valence-electron chi connectivity index (χ2n) is 9.21. The monoisotopic (exact) mass is 480 g/mol. The van der Waals surface area contributed by atoms with Crippen LogP contribution in [0.2, 0.25) is 0 Å². The number of nitrogens with one attached hydrogen (secondary N) is 1. The van der Waals surface area contributed by atoms with Gasteiger partial charge in [-0.25, -0.2) is 4.79 Å². The van der Waals surface area contributed by atoms with E-state index in [0.29, 0.717) is 43.5 Å². The molecule has 1 aliphatic rings. The summed E-state index contributed by atoms with van der Waals surface area (Å²) in [6.07, 6.45) is 2.43. The van der Waals surface area contributed by atoms with Crippen molar-refractivity contribution >= 4 is 35.0 Å². The van der Waals surface area contributed by atoms with Crippen LogP contribution in [-0.2, 0) is 23.9 Å². The third-order valence-electron chi connectivity index (χ3n) is 5.30. The molecule has 1 unspecified atom stereocenters. The van der Waals surface area contributed by atoms with E-state index < -0.39 is 35.7 Å². The Balaban J connectivity index is 1.97. The molecule has 0 radical (unpaired) electrons. The number of rotatable bonds is 11. The molecule has 1 fully saturated rings. The Morgan fingerprint density at radius 2 is 2.00 bits per heavy atom. The predicted octanol–water partition coefficient (Wildman–Crippen LogP) is 3.34. The van der Waals surface area contributed by atoms with Gasteiger partial charge in [0.25, 0.3) is 0 Å². The van der Waals surface area contributed by atoms with Crippen LogP contribution >= 0.6 is 11.3 Å². The molecule has 184 valence electrons. The van der Waals surface area contributed by atoms with E-state index in [1.54, 1.807) is 40.7 Å². The number of hydrogen-bond donors (Lipinski definition) is 1. The van der Waals surface area contributed by atoms with Gasteiger partial charge in [0.15, 0.2) is 5.78 Å². The fourth-order valence-electron chi connectivity index (χ4n) is 3.81. The number of ketones is 1. The fourth-order valence-corrected chi connectivity index (χ4v) is 4.50. The van der Waals surface area contributed by atoms with Crippen LogP contribution in [0.25, 0.3) is 0 Å². The standard InChI is InChI=1S/C24H36N2O6S/c1-6-31-22(29)17(10-7-12-19(27)20-13-9-15-33-20)25-16(2)21(28)26-14-8-11-18(26)23(30)32-24(3,4)5/h9,13,15-18,25H,6-8,10-12,14H2,1-5H3/t16-,17?,18-/m0/s1. The average Bonchev–Trinajstić information content (AvgIpc) is 3.43. The number of carbonyl (C=O) groups excluding carboxylic acids is 4. The minimum absolute atomic E-state index is 0.0361. The quantitative estimate of drug-likeness (QED) is 0.383. The lowest BCUT2D eigenvalue weighted by Crippen LogP contribution is -2.53. The maximum absolute atomic E-state index is 13.1. The van der Waals surface area contributed by atoms with Gasteiger partial charge in [-0.15, -0.1) is 11.3 Å². The molecule has 1 amide bonds. The SMILES string of the molecule is CCOC(=O)C(CCCC(=O)c1cccs1)N[C@@H](C)C(=O)N1CCC[C@H]1C(=O)OC(C)(C)C. The molecular formula is C24H36N2O6S. The van der Waals surface area contributed by atoms with Crippen molar-refractivity contribution in [3.63, 3.8) is 0 Å². The van der Waals surface area contributed by atoms with E-state index >= 15 is 0 Å². The van der Waals surface area contributed by atoms with Crippen molar-refractivity contribution in [2.45, 2.75) is 90.4 Å². The van der Waals surface area contributed by atoms with Crippen molar-refractivity contribution in [2.24, 2.45) is 0 Å². The minimum Gasteiger partial charge on any atom is -0.465 e. The molecule has 2 heterocycles. The number of hydrogen-bond acceptors (Lipinski definition) is 8. The number of Topliss-reactive ketones (excluding diaryl/α,β-unsaturated/α-hetero) is 1. The first-order valence-corrected chi connectivity index (χ1v) is 12.4. The molecule has 1 N–H and O–H groups in total. The number of ether oxygens (including phenoxy) is 2. The van der Waals surface area contributed by atoms with E-state index in [9.17, 15) is 19.2 Å². The summed E-state index contributed by atoms with van der Waals surface area (Å²) in [6, 6.07) is 1.58. The van der Waals surface area contributed by atoms with Crippen LogP contribution in [0.4, 0.5) is 0 Å². The summed E-state index contributed by atoms with van der Waals surface area (Å²) in [5, 5.41) is 4.92. The largest absolute Gasteiger partial charge is 0.465 e. The summed E-state index contributed by atoms with van der Waals surface area (Å²) in [4.78, 5) is 52.7. The van der Waals surface area contributed by atoms with Crippen molar-refractivity contribution in [3.8, 4) is 0 Å². The smallest absolute Gasteiger partial charge is 0.329 e. The lowest BCUT2D eigenvalue weighted by molar-refractivity contribution is -0.163. The highest BCUT2D eigenvalue weighted by Crippen LogP contribution is 2.22. The maximum atomic E-state index is 13.1. The van der Waals surface area contributed by atoms with E-state index in [2.05, 4.69) is 5.32 Å². The van der Waals surface area contributed by atoms with Crippen molar-refractivity contribution in [1.82, 2.24) is 10.2 Å². The first kappa shape index (κ1) is 27.0. The van der Waals surface area contributed by atoms with Crippen LogP contribution in [0.1, 0.15) is 76.4 Å². The van der Waals surface area contributed by atoms with E-state index in [1.807, 2.05) is 11.4 Å². The molecule has 1 aromatic rings. The van der Waals surface area contributed by atoms with E-state index in [4.69, 9.17) is 9.47 Å². The normalized spacial score (nSPS) is 18.0. The molecule has 1 aliphatic heterocycles. The Hall–Kier alpha value is -2.26. The molecule has 9 heteroatoms. The first-order chi connectivity index (χ1) is 15.5. The van der Waals surface area contributed by atoms with Crippen LogP contribution in [0.15, 0.2) is 17.5 Å². The first-order valence-electron chi connectivity index (χ1n) is 11.6. The highest BCUT2D eigenvalue weighted by Gasteiger charge is 2.39. The predicted molar refractivity (Wildman–Crippen MR) is 126 cm³/mol. The zero-order valence-corrected chi connectivity index (χ0v) is 21.0. The van der Waals surface area contributed by atoms with Crippen molar-refractivity contribution in [2.75, 3.05) is 13.2 Å². The number of esters is 2. The Morgan fingerprint density at radius 1 is 1.27 bits per heavy atom. The summed E-state index contributed by atoms with van der Waals surface area (Å²) in [5.41, 5.74) is -0.631. The zero-order chi connectivity index (χ0) is 24.6. The van der Waals surface area contributed by atoms with E-state index in [0.717, 1.165) is 0 Å². The van der Waals surface area contributed by atoms with Crippen LogP contribution in [0.5, 0.6) is 0 Å². The second-order valence-corrected chi connectivity index (χ2v) is 10.2. The van der Waals surface area contributed by atoms with Gasteiger partial charge in [0.05, 0.1) is 17.5 Å². The number of nitrogens with zero attached hydrogens (tertiary/aromatic N) is 1. The lowest BCUT2D eigenvalue weighted by Gasteiger charge is -2.30. The van der Waals surface area contributed by atoms with Gasteiger partial charge in [-0.05, 0) is 71.7 Å². The third-order valence-corrected chi connectivity index (χ3v) is 6.21. The second kappa shape index (κ2) is 12.3. The number of thiophene rings is 1. The maximum Gasteiger partial charge on any atom is 0.329 e. The molecule has 1 aromatic heterocycles. The van der Waals surface area contributed by atoms with Gasteiger partial charge in [-0.3, -0.25) is 19.7 Å². The van der Waals surface area contributed by atoms with Gasteiger partial charge in [-0.2, -0.15) is 0 Å². The van der Waals surface area contributed by atoms with Crippen molar-refractivity contribution in [3.05, 3.63) is 22.4 Å². The zero-order valence-electron chi connectivity index (χ0n) is 20.2. The molecule has 3 atom stereocenters. The van der Waals surface area contributed by atoms with Gasteiger partial charge in [-0.1, -0.05) is 6.07 Å². The Morgan fingerprint density at radius 3 is 2.61 bits per heavy atom. The summed E-state index contributed by atoms with van der Waals surface area (Å²) < 4.78 is 10.7. The lowest BCUT2D eigenvalue weighted by atomic mass is 10.1.